The topological polar surface area (TPSA) is 25.4 Å². The van der Waals surface area contributed by atoms with Crippen LogP contribution in [-0.2, 0) is 0 Å². The summed E-state index contributed by atoms with van der Waals surface area (Å²) in [4.78, 5) is 7.04. The zero-order chi connectivity index (χ0) is 14.5. The molecule has 110 valence electrons. The van der Waals surface area contributed by atoms with Crippen molar-refractivity contribution in [2.24, 2.45) is 5.92 Å². The lowest BCUT2D eigenvalue weighted by atomic mass is 9.77. The van der Waals surface area contributed by atoms with Gasteiger partial charge in [0.05, 0.1) is 0 Å². The minimum Gasteiger partial charge on any atom is -0.438 e. The maximum Gasteiger partial charge on any atom is 0.227 e. The summed E-state index contributed by atoms with van der Waals surface area (Å²) in [5, 5.41) is 0. The summed E-state index contributed by atoms with van der Waals surface area (Å²) >= 11 is 0. The number of aromatic nitrogens is 1. The number of benzene rings is 1. The summed E-state index contributed by atoms with van der Waals surface area (Å²) in [6.45, 7) is 3.60. The molecule has 6 rings (SSSR count). The molecule has 3 fully saturated rings. The lowest BCUT2D eigenvalue weighted by Crippen LogP contribution is -2.43. The molecule has 0 spiro atoms. The maximum absolute atomic E-state index is 6.02. The van der Waals surface area contributed by atoms with Gasteiger partial charge in [0, 0.05) is 23.9 Å². The van der Waals surface area contributed by atoms with Crippen LogP contribution in [0.25, 0.3) is 5.57 Å². The summed E-state index contributed by atoms with van der Waals surface area (Å²) in [5.74, 6) is 2.41. The molecule has 2 bridgehead atoms. The molecule has 0 saturated carbocycles. The van der Waals surface area contributed by atoms with E-state index in [4.69, 9.17) is 4.74 Å². The minimum absolute atomic E-state index is 0.721. The molecule has 5 heterocycles. The van der Waals surface area contributed by atoms with Crippen LogP contribution in [0.3, 0.4) is 0 Å². The van der Waals surface area contributed by atoms with Gasteiger partial charge in [0.1, 0.15) is 5.75 Å². The predicted molar refractivity (Wildman–Crippen MR) is 85.9 cm³/mol. The van der Waals surface area contributed by atoms with E-state index >= 15 is 0 Å². The van der Waals surface area contributed by atoms with Gasteiger partial charge in [0.2, 0.25) is 5.88 Å². The molecule has 0 amide bonds. The van der Waals surface area contributed by atoms with Crippen molar-refractivity contribution in [3.05, 3.63) is 59.3 Å². The molecule has 22 heavy (non-hydrogen) atoms. The van der Waals surface area contributed by atoms with Crippen molar-refractivity contribution in [3.8, 4) is 11.6 Å². The first-order chi connectivity index (χ1) is 10.9. The number of hydrogen-bond acceptors (Lipinski definition) is 3. The highest BCUT2D eigenvalue weighted by molar-refractivity contribution is 5.89. The number of ether oxygens (including phenoxy) is 1. The Bertz CT molecular complexity index is 725. The van der Waals surface area contributed by atoms with Crippen LogP contribution in [0.1, 0.15) is 24.0 Å². The second-order valence-electron chi connectivity index (χ2n) is 6.40. The van der Waals surface area contributed by atoms with Gasteiger partial charge >= 0.3 is 0 Å². The molecule has 0 aliphatic carbocycles. The Morgan fingerprint density at radius 1 is 1.00 bits per heavy atom. The Morgan fingerprint density at radius 2 is 1.82 bits per heavy atom. The number of pyridine rings is 1. The Hall–Kier alpha value is -2.13. The van der Waals surface area contributed by atoms with Crippen molar-refractivity contribution in [2.75, 3.05) is 19.6 Å². The van der Waals surface area contributed by atoms with Crippen LogP contribution in [0.15, 0.2) is 48.2 Å². The van der Waals surface area contributed by atoms with Crippen molar-refractivity contribution in [1.29, 1.82) is 0 Å². The van der Waals surface area contributed by atoms with E-state index in [-0.39, 0.29) is 0 Å². The second kappa shape index (κ2) is 4.68. The number of hydrogen-bond donors (Lipinski definition) is 0. The molecule has 4 aliphatic rings. The Labute approximate surface area is 130 Å². The van der Waals surface area contributed by atoms with Gasteiger partial charge in [-0.2, -0.15) is 0 Å². The molecule has 1 aromatic heterocycles. The molecule has 1 aromatic carbocycles. The molecule has 0 radical (unpaired) electrons. The average molecular weight is 290 g/mol. The standard InChI is InChI=1S/C19H18N2O/c1-2-6-17-14(4-1)18(15-5-3-9-20-19(15)22-17)16-12-21-10-7-13(16)8-11-21/h1-6,9,13H,7-8,10-12H2/b18-16-. The number of fused-ring (bicyclic) bond motifs is 5. The van der Waals surface area contributed by atoms with E-state index in [0.717, 1.165) is 29.7 Å². The van der Waals surface area contributed by atoms with E-state index in [1.54, 1.807) is 5.57 Å². The van der Waals surface area contributed by atoms with Crippen LogP contribution >= 0.6 is 0 Å². The molecule has 3 heteroatoms. The molecule has 3 saturated heterocycles. The largest absolute Gasteiger partial charge is 0.438 e. The highest BCUT2D eigenvalue weighted by atomic mass is 16.5. The minimum atomic E-state index is 0.721. The van der Waals surface area contributed by atoms with Crippen LogP contribution in [0.5, 0.6) is 11.6 Å². The predicted octanol–water partition coefficient (Wildman–Crippen LogP) is 3.71. The molecule has 0 atom stereocenters. The average Bonchev–Trinajstić information content (AvgIpc) is 2.60. The zero-order valence-corrected chi connectivity index (χ0v) is 12.5. The fourth-order valence-corrected chi connectivity index (χ4v) is 4.11. The number of rotatable bonds is 0. The van der Waals surface area contributed by atoms with Gasteiger partial charge < -0.3 is 4.74 Å². The van der Waals surface area contributed by atoms with Gasteiger partial charge in [-0.05, 0) is 61.2 Å². The first kappa shape index (κ1) is 12.4. The summed E-state index contributed by atoms with van der Waals surface area (Å²) < 4.78 is 6.02. The monoisotopic (exact) mass is 290 g/mol. The van der Waals surface area contributed by atoms with Gasteiger partial charge in [-0.1, -0.05) is 18.2 Å². The second-order valence-corrected chi connectivity index (χ2v) is 6.40. The van der Waals surface area contributed by atoms with E-state index in [9.17, 15) is 0 Å². The summed E-state index contributed by atoms with van der Waals surface area (Å²) in [6, 6.07) is 12.5. The van der Waals surface area contributed by atoms with Gasteiger partial charge in [-0.15, -0.1) is 0 Å². The molecule has 2 aromatic rings. The quantitative estimate of drug-likeness (QED) is 0.631. The highest BCUT2D eigenvalue weighted by Gasteiger charge is 2.34. The van der Waals surface area contributed by atoms with Crippen molar-refractivity contribution in [3.63, 3.8) is 0 Å². The molecule has 3 nitrogen and oxygen atoms in total. The SMILES string of the molecule is c1ccc2c(c1)Oc1ncccc1/C2=C1/CN2CCC1CC2. The van der Waals surface area contributed by atoms with E-state index in [1.165, 1.54) is 37.1 Å². The van der Waals surface area contributed by atoms with Gasteiger partial charge in [-0.25, -0.2) is 4.98 Å². The molecule has 0 unspecified atom stereocenters. The third kappa shape index (κ3) is 1.75. The van der Waals surface area contributed by atoms with Crippen LogP contribution in [0, 0.1) is 5.92 Å². The Kier molecular flexibility index (Phi) is 2.64. The zero-order valence-electron chi connectivity index (χ0n) is 12.5. The third-order valence-electron chi connectivity index (χ3n) is 5.20. The summed E-state index contributed by atoms with van der Waals surface area (Å²) in [6.07, 6.45) is 4.39. The van der Waals surface area contributed by atoms with Gasteiger partial charge in [0.25, 0.3) is 0 Å². The smallest absolute Gasteiger partial charge is 0.227 e. The lowest BCUT2D eigenvalue weighted by Gasteiger charge is -2.43. The number of piperidine rings is 3. The fraction of sp³-hybridized carbons (Fsp3) is 0.316. The van der Waals surface area contributed by atoms with Gasteiger partial charge in [0.15, 0.2) is 0 Å². The normalized spacial score (nSPS) is 28.7. The summed E-state index contributed by atoms with van der Waals surface area (Å²) in [5.41, 5.74) is 5.35. The molecular formula is C19H18N2O. The first-order valence-corrected chi connectivity index (χ1v) is 8.08. The third-order valence-corrected chi connectivity index (χ3v) is 5.20. The fourth-order valence-electron chi connectivity index (χ4n) is 4.11. The highest BCUT2D eigenvalue weighted by Crippen LogP contribution is 2.47. The van der Waals surface area contributed by atoms with E-state index in [1.807, 2.05) is 18.3 Å². The van der Waals surface area contributed by atoms with Crippen LogP contribution < -0.4 is 4.74 Å². The first-order valence-electron chi connectivity index (χ1n) is 8.08. The lowest BCUT2D eigenvalue weighted by molar-refractivity contribution is 0.162. The van der Waals surface area contributed by atoms with Crippen molar-refractivity contribution in [1.82, 2.24) is 9.88 Å². The number of para-hydroxylation sites is 1. The Balaban J connectivity index is 1.78. The Morgan fingerprint density at radius 3 is 2.64 bits per heavy atom. The molecule has 0 N–H and O–H groups in total. The van der Waals surface area contributed by atoms with Crippen molar-refractivity contribution < 1.29 is 4.74 Å². The van der Waals surface area contributed by atoms with E-state index in [2.05, 4.69) is 34.1 Å². The van der Waals surface area contributed by atoms with Crippen molar-refractivity contribution >= 4 is 5.57 Å². The van der Waals surface area contributed by atoms with E-state index in [0.29, 0.717) is 0 Å². The van der Waals surface area contributed by atoms with Crippen molar-refractivity contribution in [2.45, 2.75) is 12.8 Å². The van der Waals surface area contributed by atoms with E-state index < -0.39 is 0 Å². The molecule has 4 aliphatic heterocycles. The number of nitrogens with zero attached hydrogens (tertiary/aromatic N) is 2. The molecular weight excluding hydrogens is 272 g/mol. The van der Waals surface area contributed by atoms with Crippen LogP contribution in [0.4, 0.5) is 0 Å². The van der Waals surface area contributed by atoms with Gasteiger partial charge in [-0.3, -0.25) is 4.90 Å². The van der Waals surface area contributed by atoms with Crippen LogP contribution in [0.2, 0.25) is 0 Å². The van der Waals surface area contributed by atoms with Crippen LogP contribution in [-0.4, -0.2) is 29.5 Å². The summed E-state index contributed by atoms with van der Waals surface area (Å²) in [7, 11) is 0. The maximum atomic E-state index is 6.02.